The van der Waals surface area contributed by atoms with Crippen molar-refractivity contribution in [3.63, 3.8) is 0 Å². The van der Waals surface area contributed by atoms with E-state index in [1.54, 1.807) is 25.3 Å². The highest BCUT2D eigenvalue weighted by Crippen LogP contribution is 2.14. The van der Waals surface area contributed by atoms with E-state index in [-0.39, 0.29) is 11.5 Å². The van der Waals surface area contributed by atoms with E-state index in [2.05, 4.69) is 5.32 Å². The Hall–Kier alpha value is -3.08. The number of aromatic carboxylic acids is 1. The summed E-state index contributed by atoms with van der Waals surface area (Å²) in [5.74, 6) is -0.589. The molecule has 0 aliphatic heterocycles. The monoisotopic (exact) mass is 297 g/mol. The number of hydrogen-bond donors (Lipinski definition) is 2. The first-order valence-electron chi connectivity index (χ1n) is 6.55. The zero-order chi connectivity index (χ0) is 15.9. The average molecular weight is 297 g/mol. The fourth-order valence-corrected chi connectivity index (χ4v) is 1.80. The molecule has 0 saturated heterocycles. The number of hydrogen-bond acceptors (Lipinski definition) is 3. The van der Waals surface area contributed by atoms with Crippen molar-refractivity contribution >= 4 is 23.6 Å². The highest BCUT2D eigenvalue weighted by molar-refractivity contribution is 6.02. The molecule has 22 heavy (non-hydrogen) atoms. The second-order valence-corrected chi connectivity index (χ2v) is 4.48. The molecule has 0 heterocycles. The number of ether oxygens (including phenoxy) is 1. The number of rotatable bonds is 5. The van der Waals surface area contributed by atoms with Crippen molar-refractivity contribution in [3.8, 4) is 5.75 Å². The van der Waals surface area contributed by atoms with Crippen LogP contribution in [0.4, 0.5) is 5.69 Å². The normalized spacial score (nSPS) is 10.4. The second-order valence-electron chi connectivity index (χ2n) is 4.48. The summed E-state index contributed by atoms with van der Waals surface area (Å²) in [6.07, 6.45) is 3.07. The lowest BCUT2D eigenvalue weighted by Gasteiger charge is -2.03. The molecule has 0 bridgehead atoms. The van der Waals surface area contributed by atoms with Crippen LogP contribution in [0.3, 0.4) is 0 Å². The highest BCUT2D eigenvalue weighted by atomic mass is 16.5. The third-order valence-electron chi connectivity index (χ3n) is 2.92. The van der Waals surface area contributed by atoms with Gasteiger partial charge in [-0.2, -0.15) is 0 Å². The quantitative estimate of drug-likeness (QED) is 0.832. The molecule has 0 aromatic heterocycles. The largest absolute Gasteiger partial charge is 0.497 e. The number of carboxylic acids is 1. The number of benzene rings is 2. The van der Waals surface area contributed by atoms with Gasteiger partial charge in [0.15, 0.2) is 0 Å². The molecule has 0 aliphatic rings. The SMILES string of the molecule is COc1cccc(/C=C/C(=O)Nc2ccc(C(=O)O)cc2)c1. The number of carbonyl (C=O) groups is 2. The number of amides is 1. The molecule has 5 heteroatoms. The summed E-state index contributed by atoms with van der Waals surface area (Å²) in [5.41, 5.74) is 1.55. The zero-order valence-electron chi connectivity index (χ0n) is 11.9. The number of methoxy groups -OCH3 is 1. The van der Waals surface area contributed by atoms with Crippen LogP contribution in [-0.4, -0.2) is 24.1 Å². The van der Waals surface area contributed by atoms with Gasteiger partial charge in [0.1, 0.15) is 5.75 Å². The van der Waals surface area contributed by atoms with Crippen LogP contribution in [0.2, 0.25) is 0 Å². The highest BCUT2D eigenvalue weighted by Gasteiger charge is 2.03. The minimum Gasteiger partial charge on any atom is -0.497 e. The Morgan fingerprint density at radius 1 is 1.14 bits per heavy atom. The van der Waals surface area contributed by atoms with Crippen LogP contribution in [0, 0.1) is 0 Å². The summed E-state index contributed by atoms with van der Waals surface area (Å²) in [4.78, 5) is 22.6. The van der Waals surface area contributed by atoms with Gasteiger partial charge in [0, 0.05) is 11.8 Å². The maximum absolute atomic E-state index is 11.8. The second kappa shape index (κ2) is 7.08. The van der Waals surface area contributed by atoms with Crippen molar-refractivity contribution in [2.75, 3.05) is 12.4 Å². The standard InChI is InChI=1S/C17H15NO4/c1-22-15-4-2-3-12(11-15)5-10-16(19)18-14-8-6-13(7-9-14)17(20)21/h2-11H,1H3,(H,18,19)(H,20,21)/b10-5+. The van der Waals surface area contributed by atoms with Gasteiger partial charge in [0.2, 0.25) is 5.91 Å². The molecule has 0 fully saturated rings. The van der Waals surface area contributed by atoms with Crippen LogP contribution >= 0.6 is 0 Å². The van der Waals surface area contributed by atoms with Crippen LogP contribution in [0.25, 0.3) is 6.08 Å². The summed E-state index contributed by atoms with van der Waals surface area (Å²) in [5, 5.41) is 11.5. The Balaban J connectivity index is 1.99. The van der Waals surface area contributed by atoms with Gasteiger partial charge >= 0.3 is 5.97 Å². The van der Waals surface area contributed by atoms with Crippen molar-refractivity contribution in [1.29, 1.82) is 0 Å². The predicted octanol–water partition coefficient (Wildman–Crippen LogP) is 3.05. The lowest BCUT2D eigenvalue weighted by molar-refractivity contribution is -0.111. The van der Waals surface area contributed by atoms with Crippen molar-refractivity contribution in [2.24, 2.45) is 0 Å². The molecule has 0 saturated carbocycles. The van der Waals surface area contributed by atoms with Crippen molar-refractivity contribution < 1.29 is 19.4 Å². The molecule has 112 valence electrons. The molecule has 1 amide bonds. The molecular formula is C17H15NO4. The minimum absolute atomic E-state index is 0.171. The van der Waals surface area contributed by atoms with Gasteiger partial charge in [0.05, 0.1) is 12.7 Å². The Kier molecular flexibility index (Phi) is 4.93. The lowest BCUT2D eigenvalue weighted by atomic mass is 10.2. The first-order chi connectivity index (χ1) is 10.6. The summed E-state index contributed by atoms with van der Waals surface area (Å²) >= 11 is 0. The molecule has 2 aromatic rings. The molecule has 0 unspecified atom stereocenters. The van der Waals surface area contributed by atoms with Crippen LogP contribution < -0.4 is 10.1 Å². The van der Waals surface area contributed by atoms with E-state index in [0.29, 0.717) is 11.4 Å². The van der Waals surface area contributed by atoms with Gasteiger partial charge in [0.25, 0.3) is 0 Å². The lowest BCUT2D eigenvalue weighted by Crippen LogP contribution is -2.08. The van der Waals surface area contributed by atoms with Gasteiger partial charge in [-0.25, -0.2) is 4.79 Å². The summed E-state index contributed by atoms with van der Waals surface area (Å²) in [6.45, 7) is 0. The van der Waals surface area contributed by atoms with E-state index < -0.39 is 5.97 Å². The van der Waals surface area contributed by atoms with E-state index in [1.165, 1.54) is 18.2 Å². The molecule has 0 radical (unpaired) electrons. The maximum atomic E-state index is 11.8. The molecule has 5 nitrogen and oxygen atoms in total. The van der Waals surface area contributed by atoms with Gasteiger partial charge in [-0.15, -0.1) is 0 Å². The molecule has 2 aromatic carbocycles. The molecular weight excluding hydrogens is 282 g/mol. The van der Waals surface area contributed by atoms with E-state index >= 15 is 0 Å². The first-order valence-corrected chi connectivity index (χ1v) is 6.55. The third-order valence-corrected chi connectivity index (χ3v) is 2.92. The van der Waals surface area contributed by atoms with E-state index in [9.17, 15) is 9.59 Å². The van der Waals surface area contributed by atoms with Gasteiger partial charge in [-0.3, -0.25) is 4.79 Å². The minimum atomic E-state index is -1.00. The zero-order valence-corrected chi connectivity index (χ0v) is 11.9. The Morgan fingerprint density at radius 3 is 2.50 bits per heavy atom. The number of anilines is 1. The van der Waals surface area contributed by atoms with Crippen LogP contribution in [-0.2, 0) is 4.79 Å². The van der Waals surface area contributed by atoms with E-state index in [0.717, 1.165) is 5.56 Å². The van der Waals surface area contributed by atoms with Gasteiger partial charge in [-0.1, -0.05) is 12.1 Å². The molecule has 2 N–H and O–H groups in total. The van der Waals surface area contributed by atoms with E-state index in [1.807, 2.05) is 24.3 Å². The third kappa shape index (κ3) is 4.21. The summed E-state index contributed by atoms with van der Waals surface area (Å²) in [6, 6.07) is 13.3. The van der Waals surface area contributed by atoms with E-state index in [4.69, 9.17) is 9.84 Å². The maximum Gasteiger partial charge on any atom is 0.335 e. The molecule has 2 rings (SSSR count). The topological polar surface area (TPSA) is 75.6 Å². The summed E-state index contributed by atoms with van der Waals surface area (Å²) < 4.78 is 5.11. The Labute approximate surface area is 127 Å². The van der Waals surface area contributed by atoms with Crippen LogP contribution in [0.5, 0.6) is 5.75 Å². The van der Waals surface area contributed by atoms with Crippen molar-refractivity contribution in [2.45, 2.75) is 0 Å². The molecule has 0 aliphatic carbocycles. The van der Waals surface area contributed by atoms with Crippen molar-refractivity contribution in [1.82, 2.24) is 0 Å². The van der Waals surface area contributed by atoms with Crippen LogP contribution in [0.1, 0.15) is 15.9 Å². The summed E-state index contributed by atoms with van der Waals surface area (Å²) in [7, 11) is 1.58. The predicted molar refractivity (Wildman–Crippen MR) is 84.1 cm³/mol. The fourth-order valence-electron chi connectivity index (χ4n) is 1.80. The number of carbonyl (C=O) groups excluding carboxylic acids is 1. The van der Waals surface area contributed by atoms with Crippen LogP contribution in [0.15, 0.2) is 54.6 Å². The first kappa shape index (κ1) is 15.3. The number of carboxylic acid groups (broad SMARTS) is 1. The average Bonchev–Trinajstić information content (AvgIpc) is 2.53. The Morgan fingerprint density at radius 2 is 1.86 bits per heavy atom. The number of nitrogens with one attached hydrogen (secondary N) is 1. The molecule has 0 spiro atoms. The molecule has 0 atom stereocenters. The van der Waals surface area contributed by atoms with Gasteiger partial charge < -0.3 is 15.2 Å². The van der Waals surface area contributed by atoms with Crippen molar-refractivity contribution in [3.05, 3.63) is 65.7 Å². The fraction of sp³-hybridized carbons (Fsp3) is 0.0588. The van der Waals surface area contributed by atoms with Gasteiger partial charge in [-0.05, 0) is 48.0 Å². The smallest absolute Gasteiger partial charge is 0.335 e. The Bertz CT molecular complexity index is 705.